The normalized spacial score (nSPS) is 17.9. The van der Waals surface area contributed by atoms with Crippen molar-refractivity contribution in [2.75, 3.05) is 18.9 Å². The summed E-state index contributed by atoms with van der Waals surface area (Å²) < 4.78 is 5.42. The van der Waals surface area contributed by atoms with E-state index < -0.39 is 0 Å². The zero-order valence-electron chi connectivity index (χ0n) is 17.9. The summed E-state index contributed by atoms with van der Waals surface area (Å²) in [5, 5.41) is 1.98. The molecule has 0 radical (unpaired) electrons. The van der Waals surface area contributed by atoms with Crippen molar-refractivity contribution in [2.45, 2.75) is 53.0 Å². The first kappa shape index (κ1) is 23.2. The molecular weight excluding hydrogens is 384 g/mol. The van der Waals surface area contributed by atoms with Crippen LogP contribution < -0.4 is 0 Å². The Morgan fingerprint density at radius 1 is 1.38 bits per heavy atom. The van der Waals surface area contributed by atoms with E-state index in [1.807, 2.05) is 37.1 Å². The number of allylic oxidation sites excluding steroid dienone is 1. The van der Waals surface area contributed by atoms with Gasteiger partial charge in [0.15, 0.2) is 0 Å². The van der Waals surface area contributed by atoms with Gasteiger partial charge in [-0.3, -0.25) is 9.79 Å². The molecule has 0 aromatic heterocycles. The number of benzene rings is 1. The van der Waals surface area contributed by atoms with E-state index >= 15 is 0 Å². The zero-order chi connectivity index (χ0) is 21.4. The lowest BCUT2D eigenvalue weighted by Crippen LogP contribution is -2.37. The second-order valence-electron chi connectivity index (χ2n) is 7.74. The fourth-order valence-electron chi connectivity index (χ4n) is 3.20. The van der Waals surface area contributed by atoms with Crippen LogP contribution in [0.4, 0.5) is 0 Å². The lowest BCUT2D eigenvalue weighted by molar-refractivity contribution is 0.0447. The van der Waals surface area contributed by atoms with Crippen LogP contribution in [0.5, 0.6) is 0 Å². The Kier molecular flexibility index (Phi) is 8.96. The molecule has 1 fully saturated rings. The van der Waals surface area contributed by atoms with E-state index in [0.29, 0.717) is 23.7 Å². The van der Waals surface area contributed by atoms with E-state index in [2.05, 4.69) is 18.6 Å². The molecule has 1 aromatic rings. The Labute approximate surface area is 178 Å². The summed E-state index contributed by atoms with van der Waals surface area (Å²) in [6.45, 7) is 12.6. The van der Waals surface area contributed by atoms with Gasteiger partial charge in [0.1, 0.15) is 0 Å². The first-order chi connectivity index (χ1) is 13.8. The molecule has 0 aliphatic carbocycles. The van der Waals surface area contributed by atoms with Crippen molar-refractivity contribution in [3.63, 3.8) is 0 Å². The Hall–Kier alpha value is -2.08. The van der Waals surface area contributed by atoms with Crippen molar-refractivity contribution in [3.05, 3.63) is 46.0 Å². The maximum atomic E-state index is 13.2. The van der Waals surface area contributed by atoms with Crippen LogP contribution in [-0.2, 0) is 4.74 Å². The molecule has 0 bridgehead atoms. The number of hydrogen-bond acceptors (Lipinski definition) is 5. The van der Waals surface area contributed by atoms with Crippen LogP contribution in [-0.4, -0.2) is 48.4 Å². The molecule has 1 saturated heterocycles. The zero-order valence-corrected chi connectivity index (χ0v) is 18.8. The molecule has 158 valence electrons. The molecule has 2 atom stereocenters. The number of hydrogen-bond donors (Lipinski definition) is 0. The van der Waals surface area contributed by atoms with Crippen LogP contribution in [0.2, 0.25) is 0 Å². The Bertz CT molecular complexity index is 775. The highest BCUT2D eigenvalue weighted by Gasteiger charge is 2.29. The molecule has 1 heterocycles. The lowest BCUT2D eigenvalue weighted by atomic mass is 10.0. The fraction of sp³-hybridized carbons (Fsp3) is 0.522. The summed E-state index contributed by atoms with van der Waals surface area (Å²) in [6, 6.07) is 5.48. The highest BCUT2D eigenvalue weighted by molar-refractivity contribution is 8.02. The van der Waals surface area contributed by atoms with E-state index in [-0.39, 0.29) is 17.9 Å². The van der Waals surface area contributed by atoms with Gasteiger partial charge in [0.25, 0.3) is 5.91 Å². The minimum atomic E-state index is -0.367. The Morgan fingerprint density at radius 3 is 2.79 bits per heavy atom. The summed E-state index contributed by atoms with van der Waals surface area (Å²) >= 11 is 1.66. The van der Waals surface area contributed by atoms with Crippen LogP contribution in [0.1, 0.15) is 66.3 Å². The van der Waals surface area contributed by atoms with Crippen LogP contribution >= 0.6 is 11.8 Å². The van der Waals surface area contributed by atoms with Crippen LogP contribution in [0.15, 0.2) is 34.3 Å². The number of carbonyl (C=O) groups excluding carboxylic acids is 2. The largest absolute Gasteiger partial charge is 0.462 e. The number of aryl methyl sites for hydroxylation is 1. The average molecular weight is 417 g/mol. The molecule has 2 unspecified atom stereocenters. The van der Waals surface area contributed by atoms with Crippen molar-refractivity contribution in [1.29, 1.82) is 0 Å². The molecule has 1 aliphatic rings. The molecule has 5 nitrogen and oxygen atoms in total. The van der Waals surface area contributed by atoms with Gasteiger partial charge in [-0.05, 0) is 68.5 Å². The first-order valence-electron chi connectivity index (χ1n) is 10.2. The fourth-order valence-corrected chi connectivity index (χ4v) is 4.18. The summed E-state index contributed by atoms with van der Waals surface area (Å²) in [5.41, 5.74) is 2.76. The minimum absolute atomic E-state index is 0.0182. The molecule has 1 aliphatic heterocycles. The lowest BCUT2D eigenvalue weighted by Gasteiger charge is -2.24. The number of amides is 1. The van der Waals surface area contributed by atoms with Crippen LogP contribution in [0.3, 0.4) is 0 Å². The van der Waals surface area contributed by atoms with Gasteiger partial charge in [-0.25, -0.2) is 4.79 Å². The molecule has 6 heteroatoms. The third-order valence-corrected chi connectivity index (χ3v) is 6.27. The summed E-state index contributed by atoms with van der Waals surface area (Å²) in [6.07, 6.45) is 2.94. The topological polar surface area (TPSA) is 59.0 Å². The summed E-state index contributed by atoms with van der Waals surface area (Å²) in [5.74, 6) is 0.764. The first-order valence-corrected chi connectivity index (χ1v) is 11.3. The SMILES string of the molecule is C=N/C(C)=C\SCC1CCCN1C(=O)c1cc(C)cc(C(=O)OCC(C)CC)c1. The number of ether oxygens (including phenoxy) is 1. The van der Waals surface area contributed by atoms with Gasteiger partial charge in [-0.1, -0.05) is 20.3 Å². The van der Waals surface area contributed by atoms with E-state index in [9.17, 15) is 9.59 Å². The van der Waals surface area contributed by atoms with Crippen molar-refractivity contribution in [3.8, 4) is 0 Å². The number of thioether (sulfide) groups is 1. The van der Waals surface area contributed by atoms with Gasteiger partial charge >= 0.3 is 5.97 Å². The molecule has 1 aromatic carbocycles. The summed E-state index contributed by atoms with van der Waals surface area (Å²) in [7, 11) is 0. The van der Waals surface area contributed by atoms with Crippen molar-refractivity contribution in [2.24, 2.45) is 10.9 Å². The molecule has 2 rings (SSSR count). The van der Waals surface area contributed by atoms with E-state index in [0.717, 1.165) is 42.8 Å². The van der Waals surface area contributed by atoms with Crippen molar-refractivity contribution >= 4 is 30.4 Å². The van der Waals surface area contributed by atoms with Gasteiger partial charge in [-0.2, -0.15) is 0 Å². The third kappa shape index (κ3) is 6.74. The number of likely N-dealkylation sites (tertiary alicyclic amines) is 1. The molecule has 1 amide bonds. The molecule has 29 heavy (non-hydrogen) atoms. The van der Waals surface area contributed by atoms with Crippen molar-refractivity contribution < 1.29 is 14.3 Å². The maximum Gasteiger partial charge on any atom is 0.338 e. The van der Waals surface area contributed by atoms with Gasteiger partial charge < -0.3 is 9.64 Å². The molecule has 0 spiro atoms. The van der Waals surface area contributed by atoms with Gasteiger partial charge in [0.2, 0.25) is 0 Å². The molecular formula is C23H32N2O3S. The van der Waals surface area contributed by atoms with E-state index in [4.69, 9.17) is 4.74 Å². The summed E-state index contributed by atoms with van der Waals surface area (Å²) in [4.78, 5) is 31.4. The minimum Gasteiger partial charge on any atom is -0.462 e. The van der Waals surface area contributed by atoms with Crippen molar-refractivity contribution in [1.82, 2.24) is 4.90 Å². The maximum absolute atomic E-state index is 13.2. The Morgan fingerprint density at radius 2 is 2.10 bits per heavy atom. The van der Waals surface area contributed by atoms with Gasteiger partial charge in [0, 0.05) is 29.6 Å². The van der Waals surface area contributed by atoms with E-state index in [1.54, 1.807) is 23.9 Å². The predicted octanol–water partition coefficient (Wildman–Crippen LogP) is 5.10. The predicted molar refractivity (Wildman–Crippen MR) is 121 cm³/mol. The van der Waals surface area contributed by atoms with Crippen LogP contribution in [0.25, 0.3) is 0 Å². The third-order valence-electron chi connectivity index (χ3n) is 5.19. The standard InChI is InChI=1S/C23H32N2O3S/c1-6-16(2)13-28-23(27)20-11-17(3)10-19(12-20)22(26)25-9-7-8-21(25)15-29-14-18(4)24-5/h10-12,14,16,21H,5-9,13,15H2,1-4H3/b18-14-. The highest BCUT2D eigenvalue weighted by atomic mass is 32.2. The van der Waals surface area contributed by atoms with E-state index in [1.165, 1.54) is 0 Å². The number of nitrogens with zero attached hydrogens (tertiary/aromatic N) is 2. The molecule has 0 N–H and O–H groups in total. The Balaban J connectivity index is 2.10. The van der Waals surface area contributed by atoms with Crippen LogP contribution in [0, 0.1) is 12.8 Å². The number of esters is 1. The average Bonchev–Trinajstić information content (AvgIpc) is 3.18. The van der Waals surface area contributed by atoms with Gasteiger partial charge in [-0.15, -0.1) is 11.8 Å². The quantitative estimate of drug-likeness (QED) is 0.415. The second kappa shape index (κ2) is 11.2. The smallest absolute Gasteiger partial charge is 0.338 e. The second-order valence-corrected chi connectivity index (χ2v) is 8.65. The monoisotopic (exact) mass is 416 g/mol. The highest BCUT2D eigenvalue weighted by Crippen LogP contribution is 2.25. The number of aliphatic imine (C=N–C) groups is 1. The molecule has 0 saturated carbocycles. The van der Waals surface area contributed by atoms with Gasteiger partial charge in [0.05, 0.1) is 12.2 Å². The number of rotatable bonds is 9. The number of carbonyl (C=O) groups is 2.